The molecule has 1 aromatic heterocycles. The Morgan fingerprint density at radius 2 is 1.88 bits per heavy atom. The first kappa shape index (κ1) is 17.3. The molecule has 2 aliphatic rings. The van der Waals surface area contributed by atoms with Crippen LogP contribution in [-0.2, 0) is 11.2 Å². The Kier molecular flexibility index (Phi) is 5.34. The van der Waals surface area contributed by atoms with Gasteiger partial charge < -0.3 is 14.5 Å². The number of aromatic nitrogens is 1. The number of nitrogens with zero attached hydrogens (tertiary/aromatic N) is 3. The Balaban J connectivity index is 1.42. The molecule has 0 spiro atoms. The van der Waals surface area contributed by atoms with Crippen LogP contribution >= 0.6 is 0 Å². The summed E-state index contributed by atoms with van der Waals surface area (Å²) in [5, 5.41) is 0. The number of halogens is 1. The molecule has 138 valence electrons. The van der Waals surface area contributed by atoms with Gasteiger partial charge in [-0.15, -0.1) is 0 Å². The highest BCUT2D eigenvalue weighted by molar-refractivity contribution is 5.48. The number of morpholine rings is 1. The summed E-state index contributed by atoms with van der Waals surface area (Å²) in [4.78, 5) is 9.28. The lowest BCUT2D eigenvalue weighted by Gasteiger charge is -2.34. The molecule has 2 saturated heterocycles. The SMILES string of the molecule is Fc1cccc(N2CCC[C@@H](Cc3cc(N4CCOCC4)ccn3)C2)c1. The zero-order chi connectivity index (χ0) is 17.8. The lowest BCUT2D eigenvalue weighted by atomic mass is 9.92. The van der Waals surface area contributed by atoms with Crippen molar-refractivity contribution in [2.24, 2.45) is 5.92 Å². The quantitative estimate of drug-likeness (QED) is 0.839. The van der Waals surface area contributed by atoms with Gasteiger partial charge in [-0.1, -0.05) is 6.07 Å². The average Bonchev–Trinajstić information content (AvgIpc) is 2.69. The van der Waals surface area contributed by atoms with E-state index in [1.165, 1.54) is 18.2 Å². The van der Waals surface area contributed by atoms with E-state index in [1.54, 1.807) is 12.1 Å². The fourth-order valence-corrected chi connectivity index (χ4v) is 4.03. The Labute approximate surface area is 154 Å². The molecular formula is C21H26FN3O. The minimum absolute atomic E-state index is 0.162. The molecule has 5 heteroatoms. The Morgan fingerprint density at radius 3 is 2.73 bits per heavy atom. The maximum absolute atomic E-state index is 13.5. The predicted octanol–water partition coefficient (Wildman–Crippen LogP) is 3.52. The monoisotopic (exact) mass is 355 g/mol. The normalized spacial score (nSPS) is 21.0. The number of pyridine rings is 1. The van der Waals surface area contributed by atoms with Crippen LogP contribution in [0.25, 0.3) is 0 Å². The maximum Gasteiger partial charge on any atom is 0.125 e. The molecule has 3 heterocycles. The average molecular weight is 355 g/mol. The summed E-state index contributed by atoms with van der Waals surface area (Å²) < 4.78 is 19.0. The van der Waals surface area contributed by atoms with Crippen molar-refractivity contribution in [3.8, 4) is 0 Å². The third-order valence-electron chi connectivity index (χ3n) is 5.37. The van der Waals surface area contributed by atoms with E-state index in [2.05, 4.69) is 26.9 Å². The Bertz CT molecular complexity index is 733. The van der Waals surface area contributed by atoms with E-state index >= 15 is 0 Å². The molecule has 2 aliphatic heterocycles. The van der Waals surface area contributed by atoms with Gasteiger partial charge in [-0.2, -0.15) is 0 Å². The van der Waals surface area contributed by atoms with Crippen LogP contribution in [0.2, 0.25) is 0 Å². The van der Waals surface area contributed by atoms with E-state index in [9.17, 15) is 4.39 Å². The summed E-state index contributed by atoms with van der Waals surface area (Å²) in [7, 11) is 0. The molecule has 1 atom stereocenters. The molecule has 2 fully saturated rings. The highest BCUT2D eigenvalue weighted by Crippen LogP contribution is 2.26. The summed E-state index contributed by atoms with van der Waals surface area (Å²) in [6.45, 7) is 5.44. The summed E-state index contributed by atoms with van der Waals surface area (Å²) in [6.07, 6.45) is 5.25. The molecule has 4 rings (SSSR count). The van der Waals surface area contributed by atoms with E-state index < -0.39 is 0 Å². The standard InChI is InChI=1S/C21H26FN3O/c22-18-4-1-5-20(14-18)25-8-2-3-17(16-25)13-19-15-21(6-7-23-19)24-9-11-26-12-10-24/h1,4-7,14-15,17H,2-3,8-13,16H2/t17-/m0/s1. The second-order valence-electron chi connectivity index (χ2n) is 7.24. The molecule has 1 aromatic carbocycles. The van der Waals surface area contributed by atoms with Gasteiger partial charge in [0.1, 0.15) is 5.82 Å². The van der Waals surface area contributed by atoms with Gasteiger partial charge in [0.25, 0.3) is 0 Å². The van der Waals surface area contributed by atoms with Crippen molar-refractivity contribution in [1.82, 2.24) is 4.98 Å². The smallest absolute Gasteiger partial charge is 0.125 e. The zero-order valence-electron chi connectivity index (χ0n) is 15.1. The van der Waals surface area contributed by atoms with Gasteiger partial charge in [-0.25, -0.2) is 4.39 Å². The molecule has 0 saturated carbocycles. The highest BCUT2D eigenvalue weighted by Gasteiger charge is 2.21. The van der Waals surface area contributed by atoms with E-state index in [-0.39, 0.29) is 5.82 Å². The minimum Gasteiger partial charge on any atom is -0.378 e. The first-order valence-electron chi connectivity index (χ1n) is 9.56. The zero-order valence-corrected chi connectivity index (χ0v) is 15.1. The van der Waals surface area contributed by atoms with Crippen molar-refractivity contribution >= 4 is 11.4 Å². The van der Waals surface area contributed by atoms with Gasteiger partial charge >= 0.3 is 0 Å². The molecule has 0 aliphatic carbocycles. The first-order valence-corrected chi connectivity index (χ1v) is 9.56. The van der Waals surface area contributed by atoms with Crippen LogP contribution in [-0.4, -0.2) is 44.4 Å². The van der Waals surface area contributed by atoms with Crippen LogP contribution < -0.4 is 9.80 Å². The topological polar surface area (TPSA) is 28.6 Å². The fourth-order valence-electron chi connectivity index (χ4n) is 4.03. The number of ether oxygens (including phenoxy) is 1. The Hall–Kier alpha value is -2.14. The number of rotatable bonds is 4. The van der Waals surface area contributed by atoms with Gasteiger partial charge in [0.2, 0.25) is 0 Å². The third-order valence-corrected chi connectivity index (χ3v) is 5.37. The second-order valence-corrected chi connectivity index (χ2v) is 7.24. The molecule has 0 N–H and O–H groups in total. The summed E-state index contributed by atoms with van der Waals surface area (Å²) in [6, 6.07) is 11.3. The highest BCUT2D eigenvalue weighted by atomic mass is 19.1. The van der Waals surface area contributed by atoms with E-state index in [0.717, 1.165) is 63.6 Å². The van der Waals surface area contributed by atoms with Crippen LogP contribution in [0.1, 0.15) is 18.5 Å². The van der Waals surface area contributed by atoms with Crippen molar-refractivity contribution in [3.63, 3.8) is 0 Å². The number of piperidine rings is 1. The summed E-state index contributed by atoms with van der Waals surface area (Å²) >= 11 is 0. The van der Waals surface area contributed by atoms with Gasteiger partial charge in [-0.3, -0.25) is 4.98 Å². The lowest BCUT2D eigenvalue weighted by molar-refractivity contribution is 0.122. The second kappa shape index (κ2) is 8.04. The molecule has 2 aromatic rings. The van der Waals surface area contributed by atoms with Crippen molar-refractivity contribution in [2.45, 2.75) is 19.3 Å². The molecule has 0 unspecified atom stereocenters. The van der Waals surface area contributed by atoms with Crippen LogP contribution in [0, 0.1) is 11.7 Å². The van der Waals surface area contributed by atoms with Crippen LogP contribution in [0.3, 0.4) is 0 Å². The Morgan fingerprint density at radius 1 is 1.04 bits per heavy atom. The molecule has 0 amide bonds. The molecular weight excluding hydrogens is 329 g/mol. The fraction of sp³-hybridized carbons (Fsp3) is 0.476. The largest absolute Gasteiger partial charge is 0.378 e. The predicted molar refractivity (Wildman–Crippen MR) is 102 cm³/mol. The number of hydrogen-bond donors (Lipinski definition) is 0. The lowest BCUT2D eigenvalue weighted by Crippen LogP contribution is -2.37. The molecule has 26 heavy (non-hydrogen) atoms. The number of hydrogen-bond acceptors (Lipinski definition) is 4. The molecule has 4 nitrogen and oxygen atoms in total. The van der Waals surface area contributed by atoms with Crippen molar-refractivity contribution in [1.29, 1.82) is 0 Å². The first-order chi connectivity index (χ1) is 12.8. The van der Waals surface area contributed by atoms with Crippen LogP contribution in [0.15, 0.2) is 42.6 Å². The minimum atomic E-state index is -0.162. The van der Waals surface area contributed by atoms with Crippen LogP contribution in [0.4, 0.5) is 15.8 Å². The van der Waals surface area contributed by atoms with Gasteiger partial charge in [0.15, 0.2) is 0 Å². The van der Waals surface area contributed by atoms with E-state index in [4.69, 9.17) is 4.74 Å². The van der Waals surface area contributed by atoms with E-state index in [1.807, 2.05) is 12.3 Å². The van der Waals surface area contributed by atoms with Gasteiger partial charge in [-0.05, 0) is 55.5 Å². The molecule has 0 radical (unpaired) electrons. The van der Waals surface area contributed by atoms with Crippen molar-refractivity contribution in [2.75, 3.05) is 49.2 Å². The van der Waals surface area contributed by atoms with E-state index in [0.29, 0.717) is 5.92 Å². The van der Waals surface area contributed by atoms with Gasteiger partial charge in [0, 0.05) is 49.4 Å². The summed E-state index contributed by atoms with van der Waals surface area (Å²) in [5.41, 5.74) is 3.39. The summed E-state index contributed by atoms with van der Waals surface area (Å²) in [5.74, 6) is 0.393. The maximum atomic E-state index is 13.5. The number of anilines is 2. The van der Waals surface area contributed by atoms with Crippen LogP contribution in [0.5, 0.6) is 0 Å². The van der Waals surface area contributed by atoms with Crippen molar-refractivity contribution in [3.05, 3.63) is 54.1 Å². The van der Waals surface area contributed by atoms with Crippen molar-refractivity contribution < 1.29 is 9.13 Å². The number of benzene rings is 1. The van der Waals surface area contributed by atoms with Gasteiger partial charge in [0.05, 0.1) is 13.2 Å². The third kappa shape index (κ3) is 4.15. The molecule has 0 bridgehead atoms.